The molecule has 1 aromatic rings. The van der Waals surface area contributed by atoms with E-state index in [1.54, 1.807) is 0 Å². The van der Waals surface area contributed by atoms with Gasteiger partial charge in [-0.1, -0.05) is 13.8 Å². The van der Waals surface area contributed by atoms with E-state index in [0.717, 1.165) is 30.8 Å². The summed E-state index contributed by atoms with van der Waals surface area (Å²) < 4.78 is 0. The van der Waals surface area contributed by atoms with Gasteiger partial charge in [0.1, 0.15) is 0 Å². The molecule has 0 bridgehead atoms. The Balaban J connectivity index is 2.06. The number of β-amino-alcohol motifs (C(OH)–C–C–N with tert-alkyl or cyclic N) is 1. The quantitative estimate of drug-likeness (QED) is 0.856. The van der Waals surface area contributed by atoms with Crippen molar-refractivity contribution in [2.24, 2.45) is 11.7 Å². The van der Waals surface area contributed by atoms with E-state index in [4.69, 9.17) is 5.73 Å². The summed E-state index contributed by atoms with van der Waals surface area (Å²) in [6, 6.07) is 4.07. The van der Waals surface area contributed by atoms with Crippen LogP contribution in [0, 0.1) is 5.92 Å². The fourth-order valence-electron chi connectivity index (χ4n) is 2.30. The zero-order chi connectivity index (χ0) is 13.1. The lowest BCUT2D eigenvalue weighted by Crippen LogP contribution is -2.42. The third kappa shape index (κ3) is 2.82. The Morgan fingerprint density at radius 2 is 2.33 bits per heavy atom. The molecule has 4 heteroatoms. The maximum Gasteiger partial charge on any atom is 0.0741 e. The minimum Gasteiger partial charge on any atom is -0.391 e. The first-order valence-electron chi connectivity index (χ1n) is 6.76. The lowest BCUT2D eigenvalue weighted by molar-refractivity contribution is 0.103. The van der Waals surface area contributed by atoms with Gasteiger partial charge in [0, 0.05) is 19.1 Å². The molecule has 1 saturated heterocycles. The van der Waals surface area contributed by atoms with E-state index in [1.165, 1.54) is 0 Å². The van der Waals surface area contributed by atoms with Crippen LogP contribution < -0.4 is 10.6 Å². The first-order valence-corrected chi connectivity index (χ1v) is 6.76. The normalized spacial score (nSPS) is 26.1. The van der Waals surface area contributed by atoms with Crippen LogP contribution in [0.1, 0.15) is 38.4 Å². The van der Waals surface area contributed by atoms with Crippen molar-refractivity contribution < 1.29 is 5.11 Å². The molecule has 3 N–H and O–H groups in total. The second-order valence-corrected chi connectivity index (χ2v) is 5.24. The number of aliphatic hydroxyl groups excluding tert-OH is 1. The molecule has 3 atom stereocenters. The van der Waals surface area contributed by atoms with E-state index in [-0.39, 0.29) is 12.1 Å². The van der Waals surface area contributed by atoms with E-state index in [2.05, 4.69) is 29.8 Å². The van der Waals surface area contributed by atoms with Crippen molar-refractivity contribution in [1.29, 1.82) is 0 Å². The summed E-state index contributed by atoms with van der Waals surface area (Å²) in [5.41, 5.74) is 7.96. The molecule has 0 saturated carbocycles. The molecule has 2 heterocycles. The first-order chi connectivity index (χ1) is 8.61. The Kier molecular flexibility index (Phi) is 4.19. The Bertz CT molecular complexity index is 379. The van der Waals surface area contributed by atoms with Gasteiger partial charge in [0.25, 0.3) is 0 Å². The fraction of sp³-hybridized carbons (Fsp3) is 0.643. The van der Waals surface area contributed by atoms with E-state index >= 15 is 0 Å². The Morgan fingerprint density at radius 1 is 1.56 bits per heavy atom. The number of hydrogen-bond donors (Lipinski definition) is 2. The minimum atomic E-state index is -0.240. The molecule has 2 rings (SSSR count). The van der Waals surface area contributed by atoms with Crippen LogP contribution in [0.25, 0.3) is 0 Å². The summed E-state index contributed by atoms with van der Waals surface area (Å²) in [5.74, 6) is 0.391. The molecular formula is C14H23N3O. The van der Waals surface area contributed by atoms with Crippen LogP contribution in [0.15, 0.2) is 18.3 Å². The highest BCUT2D eigenvalue weighted by atomic mass is 16.3. The molecule has 0 spiro atoms. The molecule has 1 aliphatic rings. The minimum absolute atomic E-state index is 0.0195. The second-order valence-electron chi connectivity index (χ2n) is 5.24. The monoisotopic (exact) mass is 249 g/mol. The molecule has 0 radical (unpaired) electrons. The highest BCUT2D eigenvalue weighted by molar-refractivity contribution is 5.45. The van der Waals surface area contributed by atoms with Gasteiger partial charge < -0.3 is 15.7 Å². The van der Waals surface area contributed by atoms with Gasteiger partial charge in [0.05, 0.1) is 23.7 Å². The lowest BCUT2D eigenvalue weighted by atomic mass is 9.96. The smallest absolute Gasteiger partial charge is 0.0741 e. The van der Waals surface area contributed by atoms with Gasteiger partial charge in [-0.3, -0.25) is 4.98 Å². The van der Waals surface area contributed by atoms with Crippen LogP contribution in [0.4, 0.5) is 5.69 Å². The van der Waals surface area contributed by atoms with Crippen LogP contribution in [-0.4, -0.2) is 29.3 Å². The molecule has 18 heavy (non-hydrogen) atoms. The van der Waals surface area contributed by atoms with Gasteiger partial charge in [0.2, 0.25) is 0 Å². The standard InChI is InChI=1S/C14H23N3O/c1-3-12(15)13-5-4-11(8-16-13)17-7-6-10(2)14(18)9-17/h4-5,8,10,12,14,18H,3,6-7,9,15H2,1-2H3/t10?,12-,14?/m1/s1. The van der Waals surface area contributed by atoms with E-state index in [0.29, 0.717) is 12.5 Å². The maximum atomic E-state index is 9.91. The van der Waals surface area contributed by atoms with Gasteiger partial charge in [0.15, 0.2) is 0 Å². The molecule has 0 aliphatic carbocycles. The summed E-state index contributed by atoms with van der Waals surface area (Å²) in [6.07, 6.45) is 3.55. The molecule has 100 valence electrons. The number of rotatable bonds is 3. The SMILES string of the molecule is CC[C@@H](N)c1ccc(N2CCC(C)C(O)C2)cn1. The van der Waals surface area contributed by atoms with Gasteiger partial charge in [-0.15, -0.1) is 0 Å². The number of hydrogen-bond acceptors (Lipinski definition) is 4. The van der Waals surface area contributed by atoms with Crippen molar-refractivity contribution in [2.45, 2.75) is 38.8 Å². The summed E-state index contributed by atoms with van der Waals surface area (Å²) in [6.45, 7) is 5.84. The number of piperidine rings is 1. The zero-order valence-electron chi connectivity index (χ0n) is 11.2. The number of anilines is 1. The molecule has 4 nitrogen and oxygen atoms in total. The van der Waals surface area contributed by atoms with Crippen molar-refractivity contribution in [3.63, 3.8) is 0 Å². The first kappa shape index (κ1) is 13.3. The Morgan fingerprint density at radius 3 is 2.89 bits per heavy atom. The van der Waals surface area contributed by atoms with Crippen molar-refractivity contribution in [1.82, 2.24) is 4.98 Å². The van der Waals surface area contributed by atoms with Crippen LogP contribution >= 0.6 is 0 Å². The largest absolute Gasteiger partial charge is 0.391 e. The number of pyridine rings is 1. The molecular weight excluding hydrogens is 226 g/mol. The molecule has 1 fully saturated rings. The lowest BCUT2D eigenvalue weighted by Gasteiger charge is -2.35. The summed E-state index contributed by atoms with van der Waals surface area (Å²) in [7, 11) is 0. The van der Waals surface area contributed by atoms with Gasteiger partial charge >= 0.3 is 0 Å². The molecule has 0 amide bonds. The maximum absolute atomic E-state index is 9.91. The highest BCUT2D eigenvalue weighted by Gasteiger charge is 2.24. The zero-order valence-corrected chi connectivity index (χ0v) is 11.2. The van der Waals surface area contributed by atoms with Gasteiger partial charge in [-0.05, 0) is 30.9 Å². The van der Waals surface area contributed by atoms with Crippen LogP contribution in [-0.2, 0) is 0 Å². The van der Waals surface area contributed by atoms with Crippen molar-refractivity contribution in [3.05, 3.63) is 24.0 Å². The predicted molar refractivity (Wildman–Crippen MR) is 73.5 cm³/mol. The molecule has 1 aliphatic heterocycles. The second kappa shape index (κ2) is 5.67. The van der Waals surface area contributed by atoms with Crippen molar-refractivity contribution in [2.75, 3.05) is 18.0 Å². The summed E-state index contributed by atoms with van der Waals surface area (Å²) in [5, 5.41) is 9.91. The van der Waals surface area contributed by atoms with Crippen LogP contribution in [0.5, 0.6) is 0 Å². The van der Waals surface area contributed by atoms with Crippen molar-refractivity contribution >= 4 is 5.69 Å². The predicted octanol–water partition coefficient (Wildman–Crippen LogP) is 1.70. The third-order valence-electron chi connectivity index (χ3n) is 3.87. The van der Waals surface area contributed by atoms with E-state index in [9.17, 15) is 5.11 Å². The number of aliphatic hydroxyl groups is 1. The summed E-state index contributed by atoms with van der Waals surface area (Å²) in [4.78, 5) is 6.61. The highest BCUT2D eigenvalue weighted by Crippen LogP contribution is 2.23. The Hall–Kier alpha value is -1.13. The number of nitrogens with two attached hydrogens (primary N) is 1. The average Bonchev–Trinajstić information content (AvgIpc) is 2.41. The van der Waals surface area contributed by atoms with Gasteiger partial charge in [-0.25, -0.2) is 0 Å². The average molecular weight is 249 g/mol. The van der Waals surface area contributed by atoms with E-state index < -0.39 is 0 Å². The van der Waals surface area contributed by atoms with Crippen LogP contribution in [0.2, 0.25) is 0 Å². The molecule has 2 unspecified atom stereocenters. The van der Waals surface area contributed by atoms with E-state index in [1.807, 2.05) is 12.3 Å². The van der Waals surface area contributed by atoms with Gasteiger partial charge in [-0.2, -0.15) is 0 Å². The summed E-state index contributed by atoms with van der Waals surface area (Å²) >= 11 is 0. The van der Waals surface area contributed by atoms with Crippen molar-refractivity contribution in [3.8, 4) is 0 Å². The molecule has 0 aromatic carbocycles. The molecule has 1 aromatic heterocycles. The Labute approximate surface area is 109 Å². The number of nitrogens with zero attached hydrogens (tertiary/aromatic N) is 2. The fourth-order valence-corrected chi connectivity index (χ4v) is 2.30. The number of aromatic nitrogens is 1. The third-order valence-corrected chi connectivity index (χ3v) is 3.87. The van der Waals surface area contributed by atoms with Crippen LogP contribution in [0.3, 0.4) is 0 Å². The topological polar surface area (TPSA) is 62.4 Å².